The number of carbonyl (C=O) groups is 3. The average molecular weight is 387 g/mol. The minimum absolute atomic E-state index is 0.499. The van der Waals surface area contributed by atoms with Gasteiger partial charge in [0.1, 0.15) is 6.17 Å². The molecule has 0 bridgehead atoms. The SMILES string of the molecule is Cc1cc(C)c(NC(C=O)N(CC(=O)O)CC(=O)O)c(C)c1Br. The Morgan fingerprint density at radius 2 is 1.74 bits per heavy atom. The van der Waals surface area contributed by atoms with Crippen molar-refractivity contribution in [3.05, 3.63) is 27.2 Å². The summed E-state index contributed by atoms with van der Waals surface area (Å²) in [6.07, 6.45) is -0.562. The maximum atomic E-state index is 11.4. The lowest BCUT2D eigenvalue weighted by molar-refractivity contribution is -0.142. The Labute approximate surface area is 142 Å². The molecule has 0 saturated carbocycles. The van der Waals surface area contributed by atoms with E-state index in [1.165, 1.54) is 0 Å². The standard InChI is InChI=1S/C15H19BrN2O5/c1-8-4-9(2)15(10(3)14(8)16)17-11(7-19)18(5-12(20)21)6-13(22)23/h4,7,11,17H,5-6H2,1-3H3,(H,20,21)(H,22,23). The summed E-state index contributed by atoms with van der Waals surface area (Å²) >= 11 is 3.46. The molecule has 1 aromatic carbocycles. The molecule has 3 N–H and O–H groups in total. The summed E-state index contributed by atoms with van der Waals surface area (Å²) in [7, 11) is 0. The van der Waals surface area contributed by atoms with Crippen molar-refractivity contribution in [1.82, 2.24) is 4.90 Å². The van der Waals surface area contributed by atoms with Crippen LogP contribution in [0.1, 0.15) is 16.7 Å². The zero-order valence-corrected chi connectivity index (χ0v) is 14.7. The number of halogens is 1. The molecule has 7 nitrogen and oxygen atoms in total. The lowest BCUT2D eigenvalue weighted by Gasteiger charge is -2.28. The fourth-order valence-electron chi connectivity index (χ4n) is 2.34. The molecule has 1 unspecified atom stereocenters. The molecular weight excluding hydrogens is 368 g/mol. The normalized spacial score (nSPS) is 12.0. The van der Waals surface area contributed by atoms with E-state index in [2.05, 4.69) is 21.2 Å². The highest BCUT2D eigenvalue weighted by atomic mass is 79.9. The van der Waals surface area contributed by atoms with Crippen LogP contribution in [-0.2, 0) is 14.4 Å². The summed E-state index contributed by atoms with van der Waals surface area (Å²) < 4.78 is 0.873. The Balaban J connectivity index is 3.15. The zero-order valence-electron chi connectivity index (χ0n) is 13.1. The van der Waals surface area contributed by atoms with Crippen molar-refractivity contribution in [2.45, 2.75) is 26.9 Å². The van der Waals surface area contributed by atoms with E-state index in [1.54, 1.807) is 0 Å². The monoisotopic (exact) mass is 386 g/mol. The molecule has 1 rings (SSSR count). The third kappa shape index (κ3) is 5.04. The Hall–Kier alpha value is -1.93. The van der Waals surface area contributed by atoms with E-state index >= 15 is 0 Å². The Bertz CT molecular complexity index is 617. The van der Waals surface area contributed by atoms with Crippen LogP contribution in [0.15, 0.2) is 10.5 Å². The quantitative estimate of drug-likeness (QED) is 0.461. The minimum Gasteiger partial charge on any atom is -0.480 e. The molecule has 0 aliphatic rings. The number of anilines is 1. The van der Waals surface area contributed by atoms with E-state index in [4.69, 9.17) is 10.2 Å². The number of carboxylic acids is 2. The van der Waals surface area contributed by atoms with Crippen LogP contribution in [0.4, 0.5) is 5.69 Å². The van der Waals surface area contributed by atoms with E-state index in [0.717, 1.165) is 26.1 Å². The van der Waals surface area contributed by atoms with Gasteiger partial charge in [-0.3, -0.25) is 19.3 Å². The van der Waals surface area contributed by atoms with Crippen molar-refractivity contribution in [3.63, 3.8) is 0 Å². The van der Waals surface area contributed by atoms with Crippen molar-refractivity contribution >= 4 is 39.8 Å². The van der Waals surface area contributed by atoms with Crippen LogP contribution < -0.4 is 5.32 Å². The van der Waals surface area contributed by atoms with Crippen molar-refractivity contribution in [2.75, 3.05) is 18.4 Å². The van der Waals surface area contributed by atoms with Gasteiger partial charge in [0, 0.05) is 10.2 Å². The first-order chi connectivity index (χ1) is 10.7. The fourth-order valence-corrected chi connectivity index (χ4v) is 2.66. The second kappa shape index (κ2) is 8.07. The molecular formula is C15H19BrN2O5. The van der Waals surface area contributed by atoms with Gasteiger partial charge in [-0.1, -0.05) is 22.0 Å². The number of aryl methyl sites for hydroxylation is 2. The number of nitrogens with zero attached hydrogens (tertiary/aromatic N) is 1. The van der Waals surface area contributed by atoms with Crippen LogP contribution in [0.3, 0.4) is 0 Å². The van der Waals surface area contributed by atoms with E-state index in [0.29, 0.717) is 12.0 Å². The number of hydrogen-bond donors (Lipinski definition) is 3. The zero-order chi connectivity index (χ0) is 17.7. The fraction of sp³-hybridized carbons (Fsp3) is 0.400. The molecule has 23 heavy (non-hydrogen) atoms. The van der Waals surface area contributed by atoms with Crippen LogP contribution in [0.2, 0.25) is 0 Å². The van der Waals surface area contributed by atoms with Crippen LogP contribution in [-0.4, -0.2) is 52.6 Å². The molecule has 0 amide bonds. The Kier molecular flexibility index (Phi) is 6.71. The summed E-state index contributed by atoms with van der Waals surface area (Å²) in [5, 5.41) is 20.8. The topological polar surface area (TPSA) is 107 Å². The maximum Gasteiger partial charge on any atom is 0.317 e. The Morgan fingerprint density at radius 3 is 2.17 bits per heavy atom. The smallest absolute Gasteiger partial charge is 0.317 e. The van der Waals surface area contributed by atoms with Gasteiger partial charge in [0.25, 0.3) is 0 Å². The first-order valence-electron chi connectivity index (χ1n) is 6.83. The summed E-state index contributed by atoms with van der Waals surface area (Å²) in [5.41, 5.74) is 3.43. The molecule has 0 radical (unpaired) electrons. The van der Waals surface area contributed by atoms with Crippen LogP contribution in [0, 0.1) is 20.8 Å². The van der Waals surface area contributed by atoms with Crippen molar-refractivity contribution < 1.29 is 24.6 Å². The van der Waals surface area contributed by atoms with Gasteiger partial charge in [-0.15, -0.1) is 0 Å². The molecule has 0 spiro atoms. The molecule has 0 aliphatic carbocycles. The van der Waals surface area contributed by atoms with Gasteiger partial charge in [0.15, 0.2) is 6.29 Å². The molecule has 0 heterocycles. The van der Waals surface area contributed by atoms with Gasteiger partial charge >= 0.3 is 11.9 Å². The summed E-state index contributed by atoms with van der Waals surface area (Å²) in [6.45, 7) is 4.52. The number of aliphatic carboxylic acids is 2. The van der Waals surface area contributed by atoms with E-state index in [-0.39, 0.29) is 0 Å². The van der Waals surface area contributed by atoms with E-state index < -0.39 is 31.2 Å². The average Bonchev–Trinajstić information content (AvgIpc) is 2.43. The molecule has 1 aromatic rings. The van der Waals surface area contributed by atoms with Crippen molar-refractivity contribution in [2.24, 2.45) is 0 Å². The molecule has 0 fully saturated rings. The molecule has 0 saturated heterocycles. The number of benzene rings is 1. The molecule has 0 aliphatic heterocycles. The lowest BCUT2D eigenvalue weighted by Crippen LogP contribution is -2.47. The van der Waals surface area contributed by atoms with E-state index in [9.17, 15) is 14.4 Å². The highest BCUT2D eigenvalue weighted by Crippen LogP contribution is 2.31. The van der Waals surface area contributed by atoms with Crippen LogP contribution in [0.25, 0.3) is 0 Å². The minimum atomic E-state index is -1.21. The van der Waals surface area contributed by atoms with E-state index in [1.807, 2.05) is 26.8 Å². The van der Waals surface area contributed by atoms with Gasteiger partial charge in [0.05, 0.1) is 13.1 Å². The first-order valence-corrected chi connectivity index (χ1v) is 7.62. The van der Waals surface area contributed by atoms with Gasteiger partial charge in [-0.25, -0.2) is 0 Å². The summed E-state index contributed by atoms with van der Waals surface area (Å²) in [6, 6.07) is 1.92. The molecule has 0 aromatic heterocycles. The number of rotatable bonds is 8. The Morgan fingerprint density at radius 1 is 1.22 bits per heavy atom. The number of nitrogens with one attached hydrogen (secondary N) is 1. The van der Waals surface area contributed by atoms with Gasteiger partial charge < -0.3 is 15.5 Å². The molecule has 1 atom stereocenters. The van der Waals surface area contributed by atoms with Crippen molar-refractivity contribution in [1.29, 1.82) is 0 Å². The summed E-state index contributed by atoms with van der Waals surface area (Å²) in [4.78, 5) is 34.3. The largest absolute Gasteiger partial charge is 0.480 e. The second-order valence-electron chi connectivity index (χ2n) is 5.24. The maximum absolute atomic E-state index is 11.4. The first kappa shape index (κ1) is 19.1. The van der Waals surface area contributed by atoms with Gasteiger partial charge in [0.2, 0.25) is 0 Å². The van der Waals surface area contributed by atoms with Gasteiger partial charge in [-0.05, 0) is 37.5 Å². The van der Waals surface area contributed by atoms with Gasteiger partial charge in [-0.2, -0.15) is 0 Å². The number of hydrogen-bond acceptors (Lipinski definition) is 5. The number of carboxylic acid groups (broad SMARTS) is 2. The summed E-state index contributed by atoms with van der Waals surface area (Å²) in [5.74, 6) is -2.42. The highest BCUT2D eigenvalue weighted by Gasteiger charge is 2.24. The van der Waals surface area contributed by atoms with Crippen LogP contribution >= 0.6 is 15.9 Å². The third-order valence-electron chi connectivity index (χ3n) is 3.37. The highest BCUT2D eigenvalue weighted by molar-refractivity contribution is 9.10. The predicted octanol–water partition coefficient (Wildman–Crippen LogP) is 1.78. The predicted molar refractivity (Wildman–Crippen MR) is 88.7 cm³/mol. The third-order valence-corrected chi connectivity index (χ3v) is 4.59. The molecule has 126 valence electrons. The second-order valence-corrected chi connectivity index (χ2v) is 6.04. The van der Waals surface area contributed by atoms with Crippen molar-refractivity contribution in [3.8, 4) is 0 Å². The number of aldehydes is 1. The number of carbonyl (C=O) groups excluding carboxylic acids is 1. The lowest BCUT2D eigenvalue weighted by atomic mass is 10.0. The van der Waals surface area contributed by atoms with Crippen LogP contribution in [0.5, 0.6) is 0 Å². The molecule has 8 heteroatoms.